The molecule has 0 unspecified atom stereocenters. The number of nitrogens with one attached hydrogen (secondary N) is 1. The molecule has 0 aliphatic carbocycles. The molecule has 1 N–H and O–H groups in total. The van der Waals surface area contributed by atoms with E-state index in [0.717, 1.165) is 11.3 Å². The predicted molar refractivity (Wildman–Crippen MR) is 111 cm³/mol. The van der Waals surface area contributed by atoms with Crippen LogP contribution in [0.1, 0.15) is 18.4 Å². The highest BCUT2D eigenvalue weighted by atomic mass is 35.5. The summed E-state index contributed by atoms with van der Waals surface area (Å²) < 4.78 is 16.6. The van der Waals surface area contributed by atoms with E-state index in [9.17, 15) is 9.59 Å². The molecule has 0 aromatic heterocycles. The number of hydrogen-bond donors (Lipinski definition) is 1. The second kappa shape index (κ2) is 8.73. The summed E-state index contributed by atoms with van der Waals surface area (Å²) >= 11 is 13.5. The van der Waals surface area contributed by atoms with Gasteiger partial charge < -0.3 is 19.5 Å². The largest absolute Gasteiger partial charge is 0.489 e. The van der Waals surface area contributed by atoms with Gasteiger partial charge in [-0.15, -0.1) is 11.8 Å². The normalized spacial score (nSPS) is 17.7. The maximum Gasteiger partial charge on any atom is 0.307 e. The van der Waals surface area contributed by atoms with E-state index in [1.165, 1.54) is 11.8 Å². The topological polar surface area (TPSA) is 73.9 Å². The lowest BCUT2D eigenvalue weighted by molar-refractivity contribution is -0.145. The van der Waals surface area contributed by atoms with E-state index in [0.29, 0.717) is 46.0 Å². The van der Waals surface area contributed by atoms with Crippen molar-refractivity contribution in [1.29, 1.82) is 0 Å². The number of carbonyl (C=O) groups excluding carboxylic acids is 2. The van der Waals surface area contributed by atoms with Crippen molar-refractivity contribution in [3.63, 3.8) is 0 Å². The summed E-state index contributed by atoms with van der Waals surface area (Å²) in [6.07, 6.45) is 0.725. The molecule has 0 spiro atoms. The lowest BCUT2D eigenvalue weighted by Crippen LogP contribution is -2.31. The minimum Gasteiger partial charge on any atom is -0.489 e. The summed E-state index contributed by atoms with van der Waals surface area (Å²) in [5.74, 6) is 0.324. The predicted octanol–water partition coefficient (Wildman–Crippen LogP) is 4.70. The highest BCUT2D eigenvalue weighted by Crippen LogP contribution is 2.39. The van der Waals surface area contributed by atoms with Crippen LogP contribution in [0.2, 0.25) is 10.0 Å². The Morgan fingerprint density at radius 2 is 2.03 bits per heavy atom. The summed E-state index contributed by atoms with van der Waals surface area (Å²) in [6, 6.07) is 8.68. The summed E-state index contributed by atoms with van der Waals surface area (Å²) in [5.41, 5.74) is 1.34. The monoisotopic (exact) mass is 453 g/mol. The standard InChI is InChI=1S/C20H17Cl2NO5S/c21-12-2-3-16-14(8-12)23-20(25)17(29-16)9-18(24)28-10-11-6-13(22)19-15(7-11)26-4-1-5-27-19/h2-3,6-8,17H,1,4-5,9-10H2,(H,23,25)/t17-/m1/s1. The fraction of sp³-hybridized carbons (Fsp3) is 0.300. The van der Waals surface area contributed by atoms with Crippen LogP contribution in [-0.4, -0.2) is 30.3 Å². The van der Waals surface area contributed by atoms with Crippen molar-refractivity contribution in [2.24, 2.45) is 0 Å². The number of hydrogen-bond acceptors (Lipinski definition) is 6. The first-order valence-electron chi connectivity index (χ1n) is 9.00. The first-order chi connectivity index (χ1) is 14.0. The molecule has 0 radical (unpaired) electrons. The van der Waals surface area contributed by atoms with E-state index >= 15 is 0 Å². The molecule has 0 saturated heterocycles. The van der Waals surface area contributed by atoms with Crippen LogP contribution < -0.4 is 14.8 Å². The SMILES string of the molecule is O=C(C[C@H]1Sc2ccc(Cl)cc2NC1=O)OCc1cc(Cl)c2c(c1)OCCCO2. The Labute approximate surface area is 181 Å². The van der Waals surface area contributed by atoms with Crippen LogP contribution in [0.3, 0.4) is 0 Å². The van der Waals surface area contributed by atoms with Crippen molar-refractivity contribution in [2.45, 2.75) is 29.6 Å². The van der Waals surface area contributed by atoms with E-state index in [1.807, 2.05) is 6.07 Å². The fourth-order valence-electron chi connectivity index (χ4n) is 3.00. The number of rotatable bonds is 4. The average molecular weight is 454 g/mol. The molecule has 2 aliphatic rings. The van der Waals surface area contributed by atoms with Gasteiger partial charge in [-0.05, 0) is 35.9 Å². The third-order valence-corrected chi connectivity index (χ3v) is 6.17. The van der Waals surface area contributed by atoms with E-state index in [-0.39, 0.29) is 18.9 Å². The summed E-state index contributed by atoms with van der Waals surface area (Å²) in [4.78, 5) is 25.4. The molecule has 1 atom stereocenters. The third-order valence-electron chi connectivity index (χ3n) is 4.37. The Balaban J connectivity index is 1.37. The van der Waals surface area contributed by atoms with E-state index in [1.54, 1.807) is 24.3 Å². The van der Waals surface area contributed by atoms with Crippen molar-refractivity contribution in [1.82, 2.24) is 0 Å². The zero-order valence-corrected chi connectivity index (χ0v) is 17.5. The molecule has 1 amide bonds. The Kier molecular flexibility index (Phi) is 6.08. The summed E-state index contributed by atoms with van der Waals surface area (Å²) in [7, 11) is 0. The van der Waals surface area contributed by atoms with Crippen molar-refractivity contribution in [3.05, 3.63) is 45.9 Å². The Morgan fingerprint density at radius 1 is 1.21 bits per heavy atom. The molecule has 152 valence electrons. The number of esters is 1. The summed E-state index contributed by atoms with van der Waals surface area (Å²) in [5, 5.41) is 3.16. The molecule has 2 heterocycles. The molecule has 2 aliphatic heterocycles. The first kappa shape index (κ1) is 20.2. The number of anilines is 1. The van der Waals surface area contributed by atoms with Crippen LogP contribution >= 0.6 is 35.0 Å². The molecule has 4 rings (SSSR count). The molecule has 9 heteroatoms. The zero-order valence-electron chi connectivity index (χ0n) is 15.2. The van der Waals surface area contributed by atoms with Gasteiger partial charge >= 0.3 is 5.97 Å². The van der Waals surface area contributed by atoms with E-state index in [2.05, 4.69) is 5.32 Å². The van der Waals surface area contributed by atoms with E-state index < -0.39 is 11.2 Å². The minimum atomic E-state index is -0.566. The smallest absolute Gasteiger partial charge is 0.307 e. The molecule has 2 aromatic rings. The first-order valence-corrected chi connectivity index (χ1v) is 10.6. The quantitative estimate of drug-likeness (QED) is 0.676. The second-order valence-electron chi connectivity index (χ2n) is 6.56. The molecular formula is C20H17Cl2NO5S. The lowest BCUT2D eigenvalue weighted by Gasteiger charge is -2.23. The van der Waals surface area contributed by atoms with Crippen LogP contribution in [-0.2, 0) is 20.9 Å². The van der Waals surface area contributed by atoms with Gasteiger partial charge in [0.05, 0.1) is 35.6 Å². The van der Waals surface area contributed by atoms with Crippen LogP contribution in [0, 0.1) is 0 Å². The molecule has 0 saturated carbocycles. The average Bonchev–Trinajstić information content (AvgIpc) is 2.93. The third kappa shape index (κ3) is 4.74. The fourth-order valence-corrected chi connectivity index (χ4v) is 4.53. The van der Waals surface area contributed by atoms with Crippen molar-refractivity contribution in [2.75, 3.05) is 18.5 Å². The van der Waals surface area contributed by atoms with Crippen LogP contribution in [0.15, 0.2) is 35.2 Å². The van der Waals surface area contributed by atoms with Gasteiger partial charge in [0.1, 0.15) is 6.61 Å². The van der Waals surface area contributed by atoms with Gasteiger partial charge in [0.15, 0.2) is 11.5 Å². The van der Waals surface area contributed by atoms with Crippen LogP contribution in [0.25, 0.3) is 0 Å². The van der Waals surface area contributed by atoms with Gasteiger partial charge in [-0.25, -0.2) is 0 Å². The molecular weight excluding hydrogens is 437 g/mol. The van der Waals surface area contributed by atoms with Gasteiger partial charge in [0, 0.05) is 16.3 Å². The molecule has 2 aromatic carbocycles. The Morgan fingerprint density at radius 3 is 2.90 bits per heavy atom. The van der Waals surface area contributed by atoms with E-state index in [4.69, 9.17) is 37.4 Å². The lowest BCUT2D eigenvalue weighted by atomic mass is 10.2. The van der Waals surface area contributed by atoms with Crippen molar-refractivity contribution < 1.29 is 23.8 Å². The minimum absolute atomic E-state index is 0.0282. The molecule has 6 nitrogen and oxygen atoms in total. The van der Waals surface area contributed by atoms with Crippen LogP contribution in [0.5, 0.6) is 11.5 Å². The zero-order chi connectivity index (χ0) is 20.4. The number of carbonyl (C=O) groups is 2. The highest BCUT2D eigenvalue weighted by molar-refractivity contribution is 8.01. The molecule has 0 fully saturated rings. The number of halogens is 2. The number of benzene rings is 2. The van der Waals surface area contributed by atoms with Gasteiger partial charge in [0.2, 0.25) is 5.91 Å². The Hall–Kier alpha value is -2.09. The van der Waals surface area contributed by atoms with Gasteiger partial charge in [-0.2, -0.15) is 0 Å². The van der Waals surface area contributed by atoms with Crippen molar-refractivity contribution >= 4 is 52.5 Å². The number of amides is 1. The molecule has 0 bridgehead atoms. The van der Waals surface area contributed by atoms with Gasteiger partial charge in [0.25, 0.3) is 0 Å². The van der Waals surface area contributed by atoms with Crippen LogP contribution in [0.4, 0.5) is 5.69 Å². The Bertz CT molecular complexity index is 968. The maximum atomic E-state index is 12.3. The summed E-state index contributed by atoms with van der Waals surface area (Å²) in [6.45, 7) is 1.10. The highest BCUT2D eigenvalue weighted by Gasteiger charge is 2.29. The number of thioether (sulfide) groups is 1. The number of fused-ring (bicyclic) bond motifs is 2. The number of ether oxygens (including phenoxy) is 3. The van der Waals surface area contributed by atoms with Gasteiger partial charge in [-0.3, -0.25) is 9.59 Å². The maximum absolute atomic E-state index is 12.3. The second-order valence-corrected chi connectivity index (χ2v) is 8.64. The molecule has 29 heavy (non-hydrogen) atoms. The van der Waals surface area contributed by atoms with Gasteiger partial charge in [-0.1, -0.05) is 23.2 Å². The van der Waals surface area contributed by atoms with Crippen molar-refractivity contribution in [3.8, 4) is 11.5 Å².